The number of hydrogen-bond donors (Lipinski definition) is 1. The maximum Gasteiger partial charge on any atom is 0.243 e. The Kier molecular flexibility index (Phi) is 6.69. The molecule has 1 aliphatic rings. The second-order valence-electron chi connectivity index (χ2n) is 7.50. The molecule has 1 saturated heterocycles. The van der Waals surface area contributed by atoms with Gasteiger partial charge in [-0.3, -0.25) is 9.59 Å². The molecule has 5 nitrogen and oxygen atoms in total. The Labute approximate surface area is 167 Å². The van der Waals surface area contributed by atoms with Gasteiger partial charge in [0.2, 0.25) is 11.8 Å². The molecule has 1 aliphatic heterocycles. The van der Waals surface area contributed by atoms with Crippen molar-refractivity contribution >= 4 is 17.5 Å². The third-order valence-corrected chi connectivity index (χ3v) is 5.23. The van der Waals surface area contributed by atoms with Gasteiger partial charge in [-0.2, -0.15) is 0 Å². The van der Waals surface area contributed by atoms with E-state index in [4.69, 9.17) is 0 Å². The lowest BCUT2D eigenvalue weighted by Gasteiger charge is -2.29. The van der Waals surface area contributed by atoms with Crippen LogP contribution >= 0.6 is 0 Å². The molecule has 1 atom stereocenters. The summed E-state index contributed by atoms with van der Waals surface area (Å²) in [6.07, 6.45) is 2.44. The van der Waals surface area contributed by atoms with E-state index in [1.165, 1.54) is 0 Å². The summed E-state index contributed by atoms with van der Waals surface area (Å²) in [7, 11) is 4.02. The number of aryl methyl sites for hydroxylation is 1. The van der Waals surface area contributed by atoms with Crippen LogP contribution in [0, 0.1) is 0 Å². The topological polar surface area (TPSA) is 52.7 Å². The minimum absolute atomic E-state index is 0.0506. The zero-order valence-electron chi connectivity index (χ0n) is 16.7. The molecule has 1 N–H and O–H groups in total. The summed E-state index contributed by atoms with van der Waals surface area (Å²) in [5, 5.41) is 2.95. The summed E-state index contributed by atoms with van der Waals surface area (Å²) in [6.45, 7) is 1.24. The van der Waals surface area contributed by atoms with Crippen LogP contribution in [0.4, 0.5) is 5.69 Å². The van der Waals surface area contributed by atoms with Crippen molar-refractivity contribution < 1.29 is 9.59 Å². The average molecular weight is 380 g/mol. The van der Waals surface area contributed by atoms with Crippen molar-refractivity contribution in [3.63, 3.8) is 0 Å². The zero-order chi connectivity index (χ0) is 19.9. The van der Waals surface area contributed by atoms with Crippen LogP contribution in [0.15, 0.2) is 54.6 Å². The molecule has 2 aromatic carbocycles. The molecule has 2 aromatic rings. The van der Waals surface area contributed by atoms with Crippen molar-refractivity contribution in [1.29, 1.82) is 0 Å². The Morgan fingerprint density at radius 2 is 1.79 bits per heavy atom. The van der Waals surface area contributed by atoms with E-state index in [1.54, 1.807) is 4.90 Å². The highest BCUT2D eigenvalue weighted by Crippen LogP contribution is 2.17. The number of carbonyl (C=O) groups excluding carboxylic acids is 2. The van der Waals surface area contributed by atoms with E-state index < -0.39 is 6.04 Å². The third-order valence-electron chi connectivity index (χ3n) is 5.23. The number of amides is 2. The summed E-state index contributed by atoms with van der Waals surface area (Å²) in [4.78, 5) is 29.4. The number of benzene rings is 2. The molecule has 2 amide bonds. The first kappa shape index (κ1) is 19.9. The Morgan fingerprint density at radius 1 is 1.07 bits per heavy atom. The highest BCUT2D eigenvalue weighted by atomic mass is 16.2. The van der Waals surface area contributed by atoms with E-state index in [9.17, 15) is 9.59 Å². The van der Waals surface area contributed by atoms with Gasteiger partial charge in [0.25, 0.3) is 0 Å². The molecule has 1 fully saturated rings. The molecule has 5 heteroatoms. The average Bonchev–Trinajstić information content (AvgIpc) is 2.89. The lowest BCUT2D eigenvalue weighted by molar-refractivity contribution is -0.139. The number of hydrogen-bond acceptors (Lipinski definition) is 3. The lowest BCUT2D eigenvalue weighted by atomic mass is 10.0. The number of rotatable bonds is 6. The zero-order valence-corrected chi connectivity index (χ0v) is 16.7. The van der Waals surface area contributed by atoms with E-state index in [-0.39, 0.29) is 11.8 Å². The van der Waals surface area contributed by atoms with Gasteiger partial charge in [-0.25, -0.2) is 0 Å². The standard InChI is InChI=1S/C23H29N3O2/c1-25(2)20-12-9-18(10-13-20)11-14-22(27)26-16-6-15-24-23(28)21(26)17-19-7-4-3-5-8-19/h3-5,7-10,12-13,21H,6,11,14-17H2,1-2H3,(H,24,28). The van der Waals surface area contributed by atoms with Crippen LogP contribution in [0.2, 0.25) is 0 Å². The summed E-state index contributed by atoms with van der Waals surface area (Å²) >= 11 is 0. The van der Waals surface area contributed by atoms with Gasteiger partial charge >= 0.3 is 0 Å². The Bertz CT molecular complexity index is 787. The van der Waals surface area contributed by atoms with Crippen LogP contribution in [0.3, 0.4) is 0 Å². The quantitative estimate of drug-likeness (QED) is 0.840. The van der Waals surface area contributed by atoms with Gasteiger partial charge in [0, 0.05) is 45.7 Å². The predicted molar refractivity (Wildman–Crippen MR) is 112 cm³/mol. The SMILES string of the molecule is CN(C)c1ccc(CCC(=O)N2CCCNC(=O)C2Cc2ccccc2)cc1. The van der Waals surface area contributed by atoms with Crippen molar-refractivity contribution in [2.45, 2.75) is 31.7 Å². The number of carbonyl (C=O) groups is 2. The molecular formula is C23H29N3O2. The highest BCUT2D eigenvalue weighted by molar-refractivity contribution is 5.88. The monoisotopic (exact) mass is 379 g/mol. The van der Waals surface area contributed by atoms with Gasteiger partial charge in [0.15, 0.2) is 0 Å². The summed E-state index contributed by atoms with van der Waals surface area (Å²) in [5.41, 5.74) is 3.35. The molecule has 0 bridgehead atoms. The number of anilines is 1. The maximum absolute atomic E-state index is 13.0. The third kappa shape index (κ3) is 5.12. The summed E-state index contributed by atoms with van der Waals surface area (Å²) in [5.74, 6) is -0.000272. The first-order valence-electron chi connectivity index (χ1n) is 9.92. The van der Waals surface area contributed by atoms with Crippen molar-refractivity contribution in [2.24, 2.45) is 0 Å². The van der Waals surface area contributed by atoms with E-state index in [0.29, 0.717) is 32.4 Å². The van der Waals surface area contributed by atoms with Gasteiger partial charge in [-0.05, 0) is 36.1 Å². The molecule has 0 radical (unpaired) electrons. The lowest BCUT2D eigenvalue weighted by Crippen LogP contribution is -2.48. The predicted octanol–water partition coefficient (Wildman–Crippen LogP) is 2.65. The molecule has 28 heavy (non-hydrogen) atoms. The van der Waals surface area contributed by atoms with Crippen LogP contribution < -0.4 is 10.2 Å². The van der Waals surface area contributed by atoms with Crippen LogP contribution in [-0.4, -0.2) is 49.9 Å². The van der Waals surface area contributed by atoms with Crippen molar-refractivity contribution in [1.82, 2.24) is 10.2 Å². The van der Waals surface area contributed by atoms with Crippen LogP contribution in [0.5, 0.6) is 0 Å². The molecule has 0 aliphatic carbocycles. The van der Waals surface area contributed by atoms with Crippen molar-refractivity contribution in [2.75, 3.05) is 32.1 Å². The summed E-state index contributed by atoms with van der Waals surface area (Å²) < 4.78 is 0. The minimum atomic E-state index is -0.437. The van der Waals surface area contributed by atoms with Gasteiger partial charge in [0.1, 0.15) is 6.04 Å². The van der Waals surface area contributed by atoms with Gasteiger partial charge < -0.3 is 15.1 Å². The maximum atomic E-state index is 13.0. The van der Waals surface area contributed by atoms with E-state index in [0.717, 1.165) is 23.2 Å². The van der Waals surface area contributed by atoms with Gasteiger partial charge in [0.05, 0.1) is 0 Å². The molecule has 0 saturated carbocycles. The molecular weight excluding hydrogens is 350 g/mol. The first-order chi connectivity index (χ1) is 13.5. The van der Waals surface area contributed by atoms with Crippen molar-refractivity contribution in [3.05, 3.63) is 65.7 Å². The van der Waals surface area contributed by atoms with E-state index >= 15 is 0 Å². The molecule has 148 valence electrons. The minimum Gasteiger partial charge on any atom is -0.378 e. The first-order valence-corrected chi connectivity index (χ1v) is 9.92. The van der Waals surface area contributed by atoms with E-state index in [2.05, 4.69) is 34.5 Å². The molecule has 1 heterocycles. The van der Waals surface area contributed by atoms with Crippen LogP contribution in [0.1, 0.15) is 24.0 Å². The van der Waals surface area contributed by atoms with Crippen molar-refractivity contribution in [3.8, 4) is 0 Å². The molecule has 1 unspecified atom stereocenters. The largest absolute Gasteiger partial charge is 0.378 e. The summed E-state index contributed by atoms with van der Waals surface area (Å²) in [6, 6.07) is 17.7. The highest BCUT2D eigenvalue weighted by Gasteiger charge is 2.31. The van der Waals surface area contributed by atoms with Gasteiger partial charge in [-0.1, -0.05) is 42.5 Å². The second kappa shape index (κ2) is 9.40. The molecule has 0 spiro atoms. The second-order valence-corrected chi connectivity index (χ2v) is 7.50. The Morgan fingerprint density at radius 3 is 2.46 bits per heavy atom. The fourth-order valence-electron chi connectivity index (χ4n) is 3.57. The Hall–Kier alpha value is -2.82. The Balaban J connectivity index is 1.67. The normalized spacial score (nSPS) is 17.0. The fraction of sp³-hybridized carbons (Fsp3) is 0.391. The van der Waals surface area contributed by atoms with Crippen LogP contribution in [-0.2, 0) is 22.4 Å². The number of nitrogens with one attached hydrogen (secondary N) is 1. The van der Waals surface area contributed by atoms with Crippen LogP contribution in [0.25, 0.3) is 0 Å². The van der Waals surface area contributed by atoms with Gasteiger partial charge in [-0.15, -0.1) is 0 Å². The fourth-order valence-corrected chi connectivity index (χ4v) is 3.57. The molecule has 3 rings (SSSR count). The van der Waals surface area contributed by atoms with E-state index in [1.807, 2.05) is 44.4 Å². The smallest absolute Gasteiger partial charge is 0.243 e. The number of nitrogens with zero attached hydrogens (tertiary/aromatic N) is 2. The molecule has 0 aromatic heterocycles.